The van der Waals surface area contributed by atoms with E-state index in [0.29, 0.717) is 19.4 Å². The summed E-state index contributed by atoms with van der Waals surface area (Å²) in [6.07, 6.45) is 11.3. The monoisotopic (exact) mass is 340 g/mol. The van der Waals surface area contributed by atoms with Gasteiger partial charge < -0.3 is 20.3 Å². The lowest BCUT2D eigenvalue weighted by atomic mass is 9.92. The van der Waals surface area contributed by atoms with Crippen molar-refractivity contribution in [3.8, 4) is 0 Å². The van der Waals surface area contributed by atoms with E-state index in [1.54, 1.807) is 4.90 Å². The molecule has 3 N–H and O–H groups in total. The number of carbonyl (C=O) groups is 2. The molecule has 0 saturated carbocycles. The summed E-state index contributed by atoms with van der Waals surface area (Å²) in [7, 11) is -1.56. The Morgan fingerprint density at radius 1 is 1.08 bits per heavy atom. The molecule has 7 heteroatoms. The normalized spacial score (nSPS) is 17.1. The molecule has 0 bridgehead atoms. The van der Waals surface area contributed by atoms with Crippen LogP contribution in [-0.2, 0) is 9.59 Å². The molecule has 0 aliphatic carbocycles. The lowest BCUT2D eigenvalue weighted by Crippen LogP contribution is -2.48. The number of hydrogen-bond donors (Lipinski definition) is 3. The van der Waals surface area contributed by atoms with Gasteiger partial charge in [-0.15, -0.1) is 0 Å². The highest BCUT2D eigenvalue weighted by atomic mass is 16.4. The largest absolute Gasteiger partial charge is 0.472 e. The number of nitrogens with one attached hydrogen (secondary N) is 1. The SMILES string of the molecule is CCCCCCCCCCC(=O)N1CCCC1C(=O)NCB(O)O. The molecule has 1 unspecified atom stereocenters. The predicted octanol–water partition coefficient (Wildman–Crippen LogP) is 1.64. The highest BCUT2D eigenvalue weighted by Crippen LogP contribution is 2.19. The number of hydrogen-bond acceptors (Lipinski definition) is 4. The Bertz CT molecular complexity index is 380. The minimum Gasteiger partial charge on any atom is -0.426 e. The Hall–Kier alpha value is -1.08. The van der Waals surface area contributed by atoms with Crippen LogP contribution in [0, 0.1) is 0 Å². The van der Waals surface area contributed by atoms with Gasteiger partial charge in [-0.3, -0.25) is 9.59 Å². The summed E-state index contributed by atoms with van der Waals surface area (Å²) in [5.41, 5.74) is 0. The fraction of sp³-hybridized carbons (Fsp3) is 0.882. The number of nitrogens with zero attached hydrogens (tertiary/aromatic N) is 1. The Morgan fingerprint density at radius 2 is 1.71 bits per heavy atom. The first-order valence-electron chi connectivity index (χ1n) is 9.49. The first-order chi connectivity index (χ1) is 11.6. The van der Waals surface area contributed by atoms with E-state index >= 15 is 0 Å². The second-order valence-electron chi connectivity index (χ2n) is 6.70. The van der Waals surface area contributed by atoms with Gasteiger partial charge >= 0.3 is 7.12 Å². The molecule has 1 aliphatic rings. The maximum atomic E-state index is 12.3. The quantitative estimate of drug-likeness (QED) is 0.372. The molecule has 0 spiro atoms. The van der Waals surface area contributed by atoms with E-state index in [9.17, 15) is 9.59 Å². The molecule has 1 fully saturated rings. The predicted molar refractivity (Wildman–Crippen MR) is 95.2 cm³/mol. The minimum absolute atomic E-state index is 0.0446. The van der Waals surface area contributed by atoms with Crippen LogP contribution in [0.3, 0.4) is 0 Å². The zero-order valence-corrected chi connectivity index (χ0v) is 15.0. The van der Waals surface area contributed by atoms with Crippen molar-refractivity contribution in [2.45, 2.75) is 83.6 Å². The molecule has 0 aromatic carbocycles. The van der Waals surface area contributed by atoms with Crippen molar-refractivity contribution in [1.82, 2.24) is 10.2 Å². The molecular formula is C17H33BN2O4. The van der Waals surface area contributed by atoms with Gasteiger partial charge in [-0.05, 0) is 19.3 Å². The minimum atomic E-state index is -1.56. The van der Waals surface area contributed by atoms with E-state index in [1.807, 2.05) is 0 Å². The smallest absolute Gasteiger partial charge is 0.426 e. The molecule has 0 aromatic heterocycles. The van der Waals surface area contributed by atoms with Crippen molar-refractivity contribution in [3.05, 3.63) is 0 Å². The molecule has 138 valence electrons. The van der Waals surface area contributed by atoms with Gasteiger partial charge in [-0.1, -0.05) is 51.9 Å². The van der Waals surface area contributed by atoms with Crippen molar-refractivity contribution in [2.75, 3.05) is 13.0 Å². The van der Waals surface area contributed by atoms with E-state index in [4.69, 9.17) is 10.0 Å². The van der Waals surface area contributed by atoms with Crippen LogP contribution >= 0.6 is 0 Å². The van der Waals surface area contributed by atoms with Crippen LogP contribution in [0.25, 0.3) is 0 Å². The Balaban J connectivity index is 2.19. The second kappa shape index (κ2) is 12.3. The molecule has 6 nitrogen and oxygen atoms in total. The van der Waals surface area contributed by atoms with Gasteiger partial charge in [-0.2, -0.15) is 0 Å². The van der Waals surface area contributed by atoms with Gasteiger partial charge in [0.05, 0.1) is 6.44 Å². The molecule has 24 heavy (non-hydrogen) atoms. The third-order valence-electron chi connectivity index (χ3n) is 4.58. The van der Waals surface area contributed by atoms with Gasteiger partial charge in [0.15, 0.2) is 0 Å². The van der Waals surface area contributed by atoms with Gasteiger partial charge in [-0.25, -0.2) is 0 Å². The fourth-order valence-corrected chi connectivity index (χ4v) is 3.20. The van der Waals surface area contributed by atoms with Crippen LogP contribution in [0.1, 0.15) is 77.6 Å². The average Bonchev–Trinajstić information content (AvgIpc) is 3.04. The number of unbranched alkanes of at least 4 members (excludes halogenated alkanes) is 7. The molecular weight excluding hydrogens is 307 g/mol. The molecule has 1 heterocycles. The first-order valence-corrected chi connectivity index (χ1v) is 9.49. The van der Waals surface area contributed by atoms with E-state index in [0.717, 1.165) is 19.3 Å². The van der Waals surface area contributed by atoms with Crippen LogP contribution in [0.5, 0.6) is 0 Å². The number of carbonyl (C=O) groups excluding carboxylic acids is 2. The van der Waals surface area contributed by atoms with E-state index in [-0.39, 0.29) is 18.3 Å². The molecule has 0 aromatic rings. The zero-order chi connectivity index (χ0) is 17.8. The molecule has 2 amide bonds. The lowest BCUT2D eigenvalue weighted by molar-refractivity contribution is -0.138. The van der Waals surface area contributed by atoms with Crippen LogP contribution < -0.4 is 5.32 Å². The van der Waals surface area contributed by atoms with E-state index in [1.165, 1.54) is 38.5 Å². The van der Waals surface area contributed by atoms with Crippen molar-refractivity contribution in [3.63, 3.8) is 0 Å². The third kappa shape index (κ3) is 8.15. The van der Waals surface area contributed by atoms with Gasteiger partial charge in [0.25, 0.3) is 0 Å². The van der Waals surface area contributed by atoms with Crippen molar-refractivity contribution in [1.29, 1.82) is 0 Å². The van der Waals surface area contributed by atoms with E-state index < -0.39 is 13.2 Å². The summed E-state index contributed by atoms with van der Waals surface area (Å²) in [6, 6.07) is -0.453. The van der Waals surface area contributed by atoms with Crippen LogP contribution in [0.2, 0.25) is 0 Å². The standard InChI is InChI=1S/C17H33BN2O4/c1-2-3-4-5-6-7-8-9-12-16(21)20-13-10-11-15(20)17(22)19-14-18(23)24/h15,23-24H,2-14H2,1H3,(H,19,22). The molecule has 0 radical (unpaired) electrons. The molecule has 1 aliphatic heterocycles. The fourth-order valence-electron chi connectivity index (χ4n) is 3.20. The summed E-state index contributed by atoms with van der Waals surface area (Å²) in [4.78, 5) is 26.0. The Kier molecular flexibility index (Phi) is 10.8. The lowest BCUT2D eigenvalue weighted by Gasteiger charge is -2.24. The zero-order valence-electron chi connectivity index (χ0n) is 15.0. The second-order valence-corrected chi connectivity index (χ2v) is 6.70. The van der Waals surface area contributed by atoms with Crippen molar-refractivity contribution in [2.24, 2.45) is 0 Å². The highest BCUT2D eigenvalue weighted by molar-refractivity contribution is 6.41. The highest BCUT2D eigenvalue weighted by Gasteiger charge is 2.33. The molecule has 1 atom stereocenters. The molecule has 1 saturated heterocycles. The summed E-state index contributed by atoms with van der Waals surface area (Å²) in [5, 5.41) is 20.1. The number of likely N-dealkylation sites (tertiary alicyclic amines) is 1. The third-order valence-corrected chi connectivity index (χ3v) is 4.58. The number of amides is 2. The van der Waals surface area contributed by atoms with Gasteiger partial charge in [0, 0.05) is 13.0 Å². The molecule has 1 rings (SSSR count). The van der Waals surface area contributed by atoms with Crippen LogP contribution in [0.4, 0.5) is 0 Å². The maximum Gasteiger partial charge on any atom is 0.472 e. The summed E-state index contributed by atoms with van der Waals surface area (Å²) in [5.74, 6) is -0.243. The van der Waals surface area contributed by atoms with Crippen molar-refractivity contribution < 1.29 is 19.6 Å². The first kappa shape index (κ1) is 21.0. The van der Waals surface area contributed by atoms with Crippen molar-refractivity contribution >= 4 is 18.9 Å². The number of rotatable bonds is 12. The van der Waals surface area contributed by atoms with Crippen LogP contribution in [0.15, 0.2) is 0 Å². The Morgan fingerprint density at radius 3 is 2.33 bits per heavy atom. The maximum absolute atomic E-state index is 12.3. The topological polar surface area (TPSA) is 89.9 Å². The average molecular weight is 340 g/mol. The van der Waals surface area contributed by atoms with Gasteiger partial charge in [0.1, 0.15) is 6.04 Å². The van der Waals surface area contributed by atoms with Gasteiger partial charge in [0.2, 0.25) is 11.8 Å². The summed E-state index contributed by atoms with van der Waals surface area (Å²) < 4.78 is 0. The van der Waals surface area contributed by atoms with E-state index in [2.05, 4.69) is 12.2 Å². The Labute approximate surface area is 146 Å². The van der Waals surface area contributed by atoms with Crippen LogP contribution in [-0.4, -0.2) is 52.9 Å². The summed E-state index contributed by atoms with van der Waals surface area (Å²) >= 11 is 0. The summed E-state index contributed by atoms with van der Waals surface area (Å²) in [6.45, 7) is 2.83.